The maximum Gasteiger partial charge on any atom is 0.161 e. The normalized spacial score (nSPS) is 13.3. The van der Waals surface area contributed by atoms with Gasteiger partial charge in [-0.15, -0.1) is 0 Å². The van der Waals surface area contributed by atoms with E-state index in [1.54, 1.807) is 0 Å². The van der Waals surface area contributed by atoms with E-state index < -0.39 is 0 Å². The summed E-state index contributed by atoms with van der Waals surface area (Å²) in [6, 6.07) is 64.2. The molecule has 72 heavy (non-hydrogen) atoms. The predicted octanol–water partition coefficient (Wildman–Crippen LogP) is 19.1. The van der Waals surface area contributed by atoms with Gasteiger partial charge >= 0.3 is 0 Å². The number of rotatable bonds is 3. The van der Waals surface area contributed by atoms with Gasteiger partial charge in [0.15, 0.2) is 5.58 Å². The van der Waals surface area contributed by atoms with Crippen molar-refractivity contribution >= 4 is 109 Å². The number of hydrogen-bond acceptors (Lipinski definition) is 1. The van der Waals surface area contributed by atoms with Crippen LogP contribution in [0.3, 0.4) is 0 Å². The van der Waals surface area contributed by atoms with E-state index in [0.717, 1.165) is 27.8 Å². The topological polar surface area (TPSA) is 26.9 Å². The second-order valence-corrected chi connectivity index (χ2v) is 23.8. The number of furan rings is 1. The fourth-order valence-electron chi connectivity index (χ4n) is 12.6. The number of fused-ring (bicyclic) bond motifs is 18. The van der Waals surface area contributed by atoms with Crippen LogP contribution in [0, 0.1) is 0 Å². The summed E-state index contributed by atoms with van der Waals surface area (Å²) in [4.78, 5) is 0. The summed E-state index contributed by atoms with van der Waals surface area (Å²) in [6.07, 6.45) is 0. The van der Waals surface area contributed by atoms with E-state index in [0.29, 0.717) is 0 Å². The quantitative estimate of drug-likeness (QED) is 0.173. The van der Waals surface area contributed by atoms with Crippen LogP contribution >= 0.6 is 0 Å². The van der Waals surface area contributed by atoms with Crippen LogP contribution in [0.5, 0.6) is 0 Å². The highest BCUT2D eigenvalue weighted by atomic mass is 16.3. The molecule has 0 aliphatic heterocycles. The molecule has 0 fully saturated rings. The molecule has 0 N–H and O–H groups in total. The van der Waals surface area contributed by atoms with Gasteiger partial charge in [0.1, 0.15) is 11.1 Å². The van der Waals surface area contributed by atoms with Gasteiger partial charge in [-0.3, -0.25) is 0 Å². The van der Waals surface area contributed by atoms with Crippen molar-refractivity contribution in [1.82, 2.24) is 13.4 Å². The van der Waals surface area contributed by atoms with Crippen molar-refractivity contribution in [1.29, 1.82) is 0 Å². The molecule has 0 saturated carbocycles. The number of nitrogens with zero attached hydrogens (tertiary/aromatic N) is 3. The molecule has 6 heterocycles. The Morgan fingerprint density at radius 2 is 0.917 bits per heavy atom. The van der Waals surface area contributed by atoms with Crippen LogP contribution in [0.2, 0.25) is 0 Å². The van der Waals surface area contributed by atoms with Gasteiger partial charge in [-0.2, -0.15) is 0 Å². The van der Waals surface area contributed by atoms with Gasteiger partial charge in [0.25, 0.3) is 0 Å². The number of para-hydroxylation sites is 2. The van der Waals surface area contributed by atoms with E-state index in [4.69, 9.17) is 4.42 Å². The van der Waals surface area contributed by atoms with Crippen molar-refractivity contribution < 1.29 is 4.42 Å². The number of aromatic nitrogens is 3. The van der Waals surface area contributed by atoms with E-state index in [9.17, 15) is 0 Å². The van der Waals surface area contributed by atoms with Gasteiger partial charge in [-0.1, -0.05) is 147 Å². The molecule has 0 atom stereocenters. The summed E-state index contributed by atoms with van der Waals surface area (Å²) in [5.41, 5.74) is 21.5. The summed E-state index contributed by atoms with van der Waals surface area (Å²) in [6.45, 7) is 21.1. The lowest BCUT2D eigenvalue weighted by molar-refractivity contribution is 0.591. The van der Waals surface area contributed by atoms with Crippen LogP contribution < -0.4 is 0 Å². The number of hydrogen-bond donors (Lipinski definition) is 0. The maximum atomic E-state index is 6.89. The number of benzene rings is 9. The molecule has 0 saturated heterocycles. The Morgan fingerprint density at radius 1 is 0.333 bits per heavy atom. The minimum absolute atomic E-state index is 0.0528. The second kappa shape index (κ2) is 13.9. The SMILES string of the molecule is CC(C)(C)c1cc(-c2ccc3c(c2)c2ccccc2n3-c2cccc(-c3ccccc3)c2)c2c(c1)c1cc(C(C)(C)C)cc3c4c(ccc5c6cc(C(C)(C)C)cc7c8oc9ccccc9c8n(c67)c54)n2c13. The first kappa shape index (κ1) is 41.7. The summed E-state index contributed by atoms with van der Waals surface area (Å²) in [5.74, 6) is 0. The van der Waals surface area contributed by atoms with Crippen molar-refractivity contribution in [2.75, 3.05) is 0 Å². The molecule has 4 heteroatoms. The van der Waals surface area contributed by atoms with E-state index in [2.05, 4.69) is 246 Å². The van der Waals surface area contributed by atoms with Crippen molar-refractivity contribution in [2.24, 2.45) is 0 Å². The van der Waals surface area contributed by atoms with E-state index in [1.807, 2.05) is 0 Å². The Hall–Kier alpha value is -8.08. The summed E-state index contributed by atoms with van der Waals surface area (Å²) in [5, 5.41) is 12.6. The van der Waals surface area contributed by atoms with Crippen LogP contribution in [0.25, 0.3) is 137 Å². The Balaban J connectivity index is 1.09. The van der Waals surface area contributed by atoms with Crippen LogP contribution in [0.15, 0.2) is 174 Å². The molecule has 0 amide bonds. The van der Waals surface area contributed by atoms with E-state index in [-0.39, 0.29) is 16.2 Å². The molecule has 0 radical (unpaired) electrons. The fourth-order valence-corrected chi connectivity index (χ4v) is 12.6. The van der Waals surface area contributed by atoms with Crippen molar-refractivity contribution in [3.05, 3.63) is 187 Å². The molecule has 0 unspecified atom stereocenters. The highest BCUT2D eigenvalue weighted by molar-refractivity contribution is 6.35. The highest BCUT2D eigenvalue weighted by Gasteiger charge is 2.31. The molecule has 15 rings (SSSR count). The zero-order valence-electron chi connectivity index (χ0n) is 42.4. The largest absolute Gasteiger partial charge is 0.454 e. The van der Waals surface area contributed by atoms with Gasteiger partial charge in [-0.25, -0.2) is 0 Å². The van der Waals surface area contributed by atoms with Crippen molar-refractivity contribution in [2.45, 2.75) is 78.6 Å². The molecular weight excluding hydrogens is 875 g/mol. The molecule has 0 aliphatic carbocycles. The van der Waals surface area contributed by atoms with Gasteiger partial charge in [-0.05, 0) is 135 Å². The minimum atomic E-state index is -0.0938. The second-order valence-electron chi connectivity index (χ2n) is 23.8. The van der Waals surface area contributed by atoms with Crippen LogP contribution in [-0.4, -0.2) is 13.4 Å². The average Bonchev–Trinajstić information content (AvgIpc) is 4.21. The molecule has 15 aromatic rings. The van der Waals surface area contributed by atoms with Crippen molar-refractivity contribution in [3.8, 4) is 27.9 Å². The molecule has 4 nitrogen and oxygen atoms in total. The zero-order valence-corrected chi connectivity index (χ0v) is 42.4. The molecule has 348 valence electrons. The average molecular weight is 930 g/mol. The summed E-state index contributed by atoms with van der Waals surface area (Å²) in [7, 11) is 0. The Morgan fingerprint density at radius 3 is 1.67 bits per heavy atom. The lowest BCUT2D eigenvalue weighted by atomic mass is 9.83. The maximum absolute atomic E-state index is 6.89. The monoisotopic (exact) mass is 929 g/mol. The highest BCUT2D eigenvalue weighted by Crippen LogP contribution is 2.52. The molecule has 0 aliphatic rings. The first-order valence-corrected chi connectivity index (χ1v) is 25.7. The van der Waals surface area contributed by atoms with Crippen molar-refractivity contribution in [3.63, 3.8) is 0 Å². The Labute approximate surface area is 418 Å². The van der Waals surface area contributed by atoms with E-state index >= 15 is 0 Å². The molecule has 6 aromatic heterocycles. The smallest absolute Gasteiger partial charge is 0.161 e. The van der Waals surface area contributed by atoms with Crippen LogP contribution in [0.4, 0.5) is 0 Å². The standard InChI is InChI=1S/C68H55N3O/c1-66(2,3)41-32-48(40-26-28-56-49(31-40)45-22-13-15-24-55(45)69(56)44-21-17-20-39(30-44)38-18-11-10-12-19-38)60-51(34-41)52-35-42(67(4,5)6)36-53-59-57(70(60)61(52)53)29-27-46-50-33-43(68(7,8)9)37-54-62(50)71(63(46)59)64-47-23-14-16-25-58(47)72-65(54)64/h10-37H,1-9H3. The molecule has 0 spiro atoms. The van der Waals surface area contributed by atoms with Gasteiger partial charge in [0, 0.05) is 65.1 Å². The zero-order chi connectivity index (χ0) is 48.9. The summed E-state index contributed by atoms with van der Waals surface area (Å²) >= 11 is 0. The lowest BCUT2D eigenvalue weighted by Crippen LogP contribution is -2.11. The summed E-state index contributed by atoms with van der Waals surface area (Å²) < 4.78 is 14.6. The van der Waals surface area contributed by atoms with E-state index in [1.165, 1.54) is 126 Å². The molecule has 9 aromatic carbocycles. The molecular formula is C68H55N3O. The van der Waals surface area contributed by atoms with Gasteiger partial charge in [0.2, 0.25) is 0 Å². The first-order valence-electron chi connectivity index (χ1n) is 25.7. The Kier molecular flexibility index (Phi) is 8.02. The third-order valence-corrected chi connectivity index (χ3v) is 16.3. The fraction of sp³-hybridized carbons (Fsp3) is 0.176. The first-order chi connectivity index (χ1) is 34.6. The van der Waals surface area contributed by atoms with Crippen LogP contribution in [-0.2, 0) is 16.2 Å². The third kappa shape index (κ3) is 5.53. The lowest BCUT2D eigenvalue weighted by Gasteiger charge is -2.22. The van der Waals surface area contributed by atoms with Gasteiger partial charge in [0.05, 0.1) is 38.6 Å². The predicted molar refractivity (Wildman–Crippen MR) is 307 cm³/mol. The van der Waals surface area contributed by atoms with Crippen LogP contribution in [0.1, 0.15) is 79.0 Å². The Bertz CT molecular complexity index is 4780. The minimum Gasteiger partial charge on any atom is -0.454 e. The van der Waals surface area contributed by atoms with Gasteiger partial charge < -0.3 is 17.8 Å². The third-order valence-electron chi connectivity index (χ3n) is 16.3. The molecule has 0 bridgehead atoms.